The molecule has 2 aliphatic rings. The predicted octanol–water partition coefficient (Wildman–Crippen LogP) is 9.33. The Kier molecular flexibility index (Phi) is 9.94. The number of hydrogen-bond donors (Lipinski definition) is 2. The maximum Gasteiger partial charge on any atom is 0.132 e. The van der Waals surface area contributed by atoms with Gasteiger partial charge < -0.3 is 14.9 Å². The molecule has 2 N–H and O–H groups in total. The first-order chi connectivity index (χ1) is 27.4. The third-order valence-electron chi connectivity index (χ3n) is 11.3. The first-order valence-electron chi connectivity index (χ1n) is 19.4. The molecular weight excluding hydrogens is 703 g/mol. The van der Waals surface area contributed by atoms with Gasteiger partial charge in [0.05, 0.1) is 28.5 Å². The molecule has 6 heterocycles. The van der Waals surface area contributed by atoms with Crippen LogP contribution in [0.1, 0.15) is 54.7 Å². The van der Waals surface area contributed by atoms with E-state index in [4.69, 9.17) is 9.97 Å². The third kappa shape index (κ3) is 7.48. The van der Waals surface area contributed by atoms with Gasteiger partial charge in [-0.2, -0.15) is 0 Å². The van der Waals surface area contributed by atoms with Crippen molar-refractivity contribution in [3.63, 3.8) is 0 Å². The van der Waals surface area contributed by atoms with Gasteiger partial charge in [-0.15, -0.1) is 0 Å². The van der Waals surface area contributed by atoms with Crippen molar-refractivity contribution in [2.45, 2.75) is 44.1 Å². The summed E-state index contributed by atoms with van der Waals surface area (Å²) < 4.78 is 30.0. The molecular formula is C46H42F2N8. The first kappa shape index (κ1) is 35.7. The largest absolute Gasteiger partial charge is 0.341 e. The SMILES string of the molecule is CN1CCC(c2nc(-c3ccc(F)c(-c4cc(-c5nc(C6CCN(Cc7cc#ccc7)CC6)[nH]c5-c5ccc(F)cc5)ccn4)c3)c(-c3ccncc3)[nH]2)CC1. The zero-order valence-electron chi connectivity index (χ0n) is 31.3. The second-order valence-electron chi connectivity index (χ2n) is 15.0. The Morgan fingerprint density at radius 3 is 1.95 bits per heavy atom. The summed E-state index contributed by atoms with van der Waals surface area (Å²) in [6.07, 6.45) is 9.18. The van der Waals surface area contributed by atoms with Gasteiger partial charge >= 0.3 is 0 Å². The van der Waals surface area contributed by atoms with Crippen LogP contribution in [-0.4, -0.2) is 72.9 Å². The van der Waals surface area contributed by atoms with Crippen LogP contribution in [0.2, 0.25) is 0 Å². The number of halogens is 2. The van der Waals surface area contributed by atoms with Crippen LogP contribution in [-0.2, 0) is 6.54 Å². The molecule has 0 atom stereocenters. The number of nitrogens with zero attached hydrogens (tertiary/aromatic N) is 6. The number of aromatic amines is 2. The van der Waals surface area contributed by atoms with Crippen molar-refractivity contribution in [2.75, 3.05) is 33.2 Å². The van der Waals surface area contributed by atoms with E-state index in [9.17, 15) is 4.39 Å². The summed E-state index contributed by atoms with van der Waals surface area (Å²) in [5, 5.41) is 0. The van der Waals surface area contributed by atoms with Gasteiger partial charge in [-0.25, -0.2) is 18.7 Å². The summed E-state index contributed by atoms with van der Waals surface area (Å²) in [5.74, 6) is 1.71. The van der Waals surface area contributed by atoms with E-state index in [2.05, 4.69) is 55.0 Å². The van der Waals surface area contributed by atoms with Crippen LogP contribution in [0, 0.1) is 23.8 Å². The normalized spacial score (nSPS) is 15.9. The van der Waals surface area contributed by atoms with E-state index < -0.39 is 0 Å². The third-order valence-corrected chi connectivity index (χ3v) is 11.3. The molecule has 2 aliphatic heterocycles. The van der Waals surface area contributed by atoms with Gasteiger partial charge in [-0.1, -0.05) is 12.1 Å². The van der Waals surface area contributed by atoms with Crippen LogP contribution in [0.15, 0.2) is 104 Å². The first-order valence-corrected chi connectivity index (χ1v) is 19.4. The van der Waals surface area contributed by atoms with E-state index in [-0.39, 0.29) is 17.6 Å². The number of pyridine rings is 2. The number of likely N-dealkylation sites (tertiary alicyclic amines) is 2. The van der Waals surface area contributed by atoms with E-state index >= 15 is 4.39 Å². The lowest BCUT2D eigenvalue weighted by atomic mass is 9.96. The fourth-order valence-electron chi connectivity index (χ4n) is 8.12. The van der Waals surface area contributed by atoms with E-state index in [1.807, 2.05) is 42.5 Å². The number of H-pyrrole nitrogens is 2. The topological polar surface area (TPSA) is 89.6 Å². The maximum absolute atomic E-state index is 15.9. The minimum Gasteiger partial charge on any atom is -0.341 e. The van der Waals surface area contributed by atoms with Crippen molar-refractivity contribution in [1.29, 1.82) is 0 Å². The highest BCUT2D eigenvalue weighted by Gasteiger charge is 2.27. The predicted molar refractivity (Wildman–Crippen MR) is 214 cm³/mol. The Morgan fingerprint density at radius 2 is 1.29 bits per heavy atom. The number of rotatable bonds is 9. The molecule has 0 spiro atoms. The second kappa shape index (κ2) is 15.6. The Balaban J connectivity index is 1.05. The smallest absolute Gasteiger partial charge is 0.132 e. The standard InChI is InChI=1S/C46H42F2N8/c1-55-23-16-33(17-24-55)45-52-42(32-13-20-49-21-14-32)43(53-45)35-9-12-39(48)38(27-35)40-28-36(15-22-50-40)44-41(31-7-10-37(47)11-8-31)51-46(54-44)34-18-25-56(26-19-34)29-30-5-3-2-4-6-30/h3,5-15,20-22,27-28,33-34H,16-19,23-26,29H2,1H3,(H,51,54)(H,52,53). The molecule has 0 aliphatic carbocycles. The number of piperidine rings is 2. The molecule has 10 heteroatoms. The minimum atomic E-state index is -0.380. The summed E-state index contributed by atoms with van der Waals surface area (Å²) in [6.45, 7) is 4.79. The molecule has 0 saturated carbocycles. The molecule has 0 amide bonds. The quantitative estimate of drug-likeness (QED) is 0.153. The summed E-state index contributed by atoms with van der Waals surface area (Å²) in [6, 6.07) is 31.3. The average Bonchev–Trinajstić information content (AvgIpc) is 3.89. The Hall–Kier alpha value is -6.02. The number of hydrogen-bond acceptors (Lipinski definition) is 6. The number of imidazole rings is 2. The van der Waals surface area contributed by atoms with E-state index in [1.54, 1.807) is 36.8 Å². The molecule has 9 rings (SSSR count). The summed E-state index contributed by atoms with van der Waals surface area (Å²) >= 11 is 0. The maximum atomic E-state index is 15.9. The number of aromatic nitrogens is 6. The molecule has 0 unspecified atom stereocenters. The molecule has 2 fully saturated rings. The van der Waals surface area contributed by atoms with Crippen molar-refractivity contribution < 1.29 is 8.78 Å². The van der Waals surface area contributed by atoms with Crippen LogP contribution in [0.4, 0.5) is 8.78 Å². The molecule has 280 valence electrons. The lowest BCUT2D eigenvalue weighted by Gasteiger charge is -2.31. The Morgan fingerprint density at radius 1 is 0.679 bits per heavy atom. The highest BCUT2D eigenvalue weighted by atomic mass is 19.1. The van der Waals surface area contributed by atoms with Crippen molar-refractivity contribution in [1.82, 2.24) is 39.7 Å². The summed E-state index contributed by atoms with van der Waals surface area (Å²) in [7, 11) is 2.15. The van der Waals surface area contributed by atoms with Crippen molar-refractivity contribution in [3.05, 3.63) is 144 Å². The van der Waals surface area contributed by atoms with Crippen LogP contribution in [0.3, 0.4) is 0 Å². The van der Waals surface area contributed by atoms with Gasteiger partial charge in [0.15, 0.2) is 0 Å². The highest BCUT2D eigenvalue weighted by Crippen LogP contribution is 2.39. The molecule has 0 bridgehead atoms. The van der Waals surface area contributed by atoms with Crippen molar-refractivity contribution in [2.24, 2.45) is 0 Å². The van der Waals surface area contributed by atoms with E-state index in [0.717, 1.165) is 115 Å². The van der Waals surface area contributed by atoms with Crippen LogP contribution < -0.4 is 0 Å². The fraction of sp³-hybridized carbons (Fsp3) is 0.261. The van der Waals surface area contributed by atoms with E-state index in [0.29, 0.717) is 17.2 Å². The molecule has 56 heavy (non-hydrogen) atoms. The minimum absolute atomic E-state index is 0.230. The summed E-state index contributed by atoms with van der Waals surface area (Å²) in [4.78, 5) is 31.4. The van der Waals surface area contributed by atoms with Gasteiger partial charge in [0.25, 0.3) is 0 Å². The van der Waals surface area contributed by atoms with Gasteiger partial charge in [0, 0.05) is 64.8 Å². The van der Waals surface area contributed by atoms with E-state index in [1.165, 1.54) is 23.8 Å². The molecule has 0 radical (unpaired) electrons. The summed E-state index contributed by atoms with van der Waals surface area (Å²) in [5.41, 5.74) is 8.63. The zero-order chi connectivity index (χ0) is 38.0. The number of nitrogens with one attached hydrogen (secondary N) is 2. The van der Waals surface area contributed by atoms with Crippen molar-refractivity contribution >= 4 is 0 Å². The Bertz CT molecular complexity index is 2410. The molecule has 7 aromatic rings. The van der Waals surface area contributed by atoms with Crippen LogP contribution in [0.5, 0.6) is 0 Å². The van der Waals surface area contributed by atoms with Crippen LogP contribution in [0.25, 0.3) is 56.3 Å². The average molecular weight is 745 g/mol. The fourth-order valence-corrected chi connectivity index (χ4v) is 8.12. The monoisotopic (exact) mass is 744 g/mol. The molecule has 4 aromatic heterocycles. The Labute approximate surface area is 325 Å². The molecule has 3 aromatic carbocycles. The molecule has 8 nitrogen and oxygen atoms in total. The van der Waals surface area contributed by atoms with Gasteiger partial charge in [0.2, 0.25) is 0 Å². The second-order valence-corrected chi connectivity index (χ2v) is 15.0. The van der Waals surface area contributed by atoms with Crippen molar-refractivity contribution in [3.8, 4) is 56.3 Å². The lowest BCUT2D eigenvalue weighted by Crippen LogP contribution is -2.32. The zero-order valence-corrected chi connectivity index (χ0v) is 31.3. The lowest BCUT2D eigenvalue weighted by molar-refractivity contribution is 0.202. The molecule has 2 saturated heterocycles. The van der Waals surface area contributed by atoms with Crippen LogP contribution >= 0.6 is 0 Å². The highest BCUT2D eigenvalue weighted by molar-refractivity contribution is 5.83. The van der Waals surface area contributed by atoms with Gasteiger partial charge in [-0.05, 0) is 149 Å². The van der Waals surface area contributed by atoms with Gasteiger partial charge in [0.1, 0.15) is 23.3 Å². The number of benzene rings is 2. The van der Waals surface area contributed by atoms with Gasteiger partial charge in [-0.3, -0.25) is 14.9 Å².